The number of amides is 1. The Kier molecular flexibility index (Phi) is 6.37. The van der Waals surface area contributed by atoms with Crippen molar-refractivity contribution in [3.8, 4) is 17.6 Å². The van der Waals surface area contributed by atoms with Gasteiger partial charge in [0.05, 0.1) is 20.2 Å². The first-order chi connectivity index (χ1) is 12.3. The number of carbonyl (C=O) groups excluding carboxylic acids is 1. The number of hydrogen-bond donors (Lipinski definition) is 2. The number of alkyl halides is 2. The maximum Gasteiger partial charge on any atom is 0.387 e. The second kappa shape index (κ2) is 8.32. The Bertz CT molecular complexity index is 689. The summed E-state index contributed by atoms with van der Waals surface area (Å²) >= 11 is 0. The standard InChI is InChI=1S/C18H23F2N3O3/c1-18(11-21,13-5-6-13)22-16(24)10-23(2)9-12-4-7-14(26-17(19)20)15(8-12)25-3/h4,7-8,13,17H,5-6,9-10H2,1-3H3,(H,22,24)/p+1/t18-/m0/s1. The first-order valence-corrected chi connectivity index (χ1v) is 8.42. The summed E-state index contributed by atoms with van der Waals surface area (Å²) in [6.45, 7) is -0.481. The lowest BCUT2D eigenvalue weighted by atomic mass is 9.98. The number of rotatable bonds is 9. The van der Waals surface area contributed by atoms with Crippen LogP contribution < -0.4 is 19.7 Å². The minimum atomic E-state index is -2.92. The van der Waals surface area contributed by atoms with Gasteiger partial charge in [-0.25, -0.2) is 0 Å². The van der Waals surface area contributed by atoms with Gasteiger partial charge in [-0.1, -0.05) is 0 Å². The highest BCUT2D eigenvalue weighted by molar-refractivity contribution is 5.78. The number of nitrogens with one attached hydrogen (secondary N) is 2. The van der Waals surface area contributed by atoms with Crippen molar-refractivity contribution in [2.24, 2.45) is 5.92 Å². The zero-order chi connectivity index (χ0) is 19.3. The third-order valence-electron chi connectivity index (χ3n) is 4.44. The van der Waals surface area contributed by atoms with Crippen LogP contribution in [-0.4, -0.2) is 38.8 Å². The molecule has 1 unspecified atom stereocenters. The fourth-order valence-corrected chi connectivity index (χ4v) is 2.92. The molecule has 6 nitrogen and oxygen atoms in total. The summed E-state index contributed by atoms with van der Waals surface area (Å²) in [6.07, 6.45) is 1.92. The summed E-state index contributed by atoms with van der Waals surface area (Å²) in [7, 11) is 3.22. The molecule has 1 aliphatic carbocycles. The van der Waals surface area contributed by atoms with E-state index in [0.29, 0.717) is 6.54 Å². The number of hydrogen-bond acceptors (Lipinski definition) is 4. The van der Waals surface area contributed by atoms with Crippen molar-refractivity contribution in [2.45, 2.75) is 38.5 Å². The van der Waals surface area contributed by atoms with Gasteiger partial charge in [-0.05, 0) is 43.9 Å². The molecule has 1 aliphatic rings. The smallest absolute Gasteiger partial charge is 0.387 e. The van der Waals surface area contributed by atoms with E-state index in [1.807, 2.05) is 7.05 Å². The molecule has 8 heteroatoms. The fourth-order valence-electron chi connectivity index (χ4n) is 2.92. The van der Waals surface area contributed by atoms with E-state index < -0.39 is 12.2 Å². The third-order valence-corrected chi connectivity index (χ3v) is 4.44. The molecule has 142 valence electrons. The number of methoxy groups -OCH3 is 1. The highest BCUT2D eigenvalue weighted by Gasteiger charge is 2.43. The topological polar surface area (TPSA) is 75.8 Å². The lowest BCUT2D eigenvalue weighted by Gasteiger charge is -2.23. The lowest BCUT2D eigenvalue weighted by Crippen LogP contribution is -3.09. The third kappa shape index (κ3) is 5.30. The van der Waals surface area contributed by atoms with Crippen LogP contribution in [0, 0.1) is 17.2 Å². The molecule has 2 rings (SSSR count). The molecule has 0 spiro atoms. The molecular formula is C18H24F2N3O3+. The molecule has 26 heavy (non-hydrogen) atoms. The monoisotopic (exact) mass is 368 g/mol. The average Bonchev–Trinajstić information content (AvgIpc) is 3.40. The predicted molar refractivity (Wildman–Crippen MR) is 90.0 cm³/mol. The van der Waals surface area contributed by atoms with Crippen molar-refractivity contribution in [1.29, 1.82) is 5.26 Å². The van der Waals surface area contributed by atoms with Crippen molar-refractivity contribution >= 4 is 5.91 Å². The van der Waals surface area contributed by atoms with E-state index in [4.69, 9.17) is 4.74 Å². The largest absolute Gasteiger partial charge is 0.493 e. The summed E-state index contributed by atoms with van der Waals surface area (Å²) in [6, 6.07) is 6.89. The van der Waals surface area contributed by atoms with Crippen LogP contribution >= 0.6 is 0 Å². The fraction of sp³-hybridized carbons (Fsp3) is 0.556. The molecule has 0 bridgehead atoms. The van der Waals surface area contributed by atoms with Crippen LogP contribution in [0.2, 0.25) is 0 Å². The van der Waals surface area contributed by atoms with Gasteiger partial charge in [0.15, 0.2) is 18.0 Å². The minimum Gasteiger partial charge on any atom is -0.493 e. The molecule has 2 N–H and O–H groups in total. The summed E-state index contributed by atoms with van der Waals surface area (Å²) in [5.41, 5.74) is 0.00785. The van der Waals surface area contributed by atoms with Gasteiger partial charge in [-0.15, -0.1) is 0 Å². The van der Waals surface area contributed by atoms with Gasteiger partial charge in [0.1, 0.15) is 12.1 Å². The number of carbonyl (C=O) groups is 1. The van der Waals surface area contributed by atoms with E-state index in [-0.39, 0.29) is 29.9 Å². The Balaban J connectivity index is 1.93. The van der Waals surface area contributed by atoms with Gasteiger partial charge in [-0.3, -0.25) is 4.79 Å². The molecule has 2 atom stereocenters. The number of nitriles is 1. The summed E-state index contributed by atoms with van der Waals surface area (Å²) in [4.78, 5) is 13.1. The number of nitrogens with zero attached hydrogens (tertiary/aromatic N) is 1. The van der Waals surface area contributed by atoms with Gasteiger partial charge in [0.25, 0.3) is 5.91 Å². The zero-order valence-electron chi connectivity index (χ0n) is 15.1. The van der Waals surface area contributed by atoms with Crippen LogP contribution in [0.1, 0.15) is 25.3 Å². The maximum atomic E-state index is 12.4. The van der Waals surface area contributed by atoms with Crippen molar-refractivity contribution in [1.82, 2.24) is 5.32 Å². The number of halogens is 2. The van der Waals surface area contributed by atoms with Crippen LogP contribution in [0.4, 0.5) is 8.78 Å². The predicted octanol–water partition coefficient (Wildman–Crippen LogP) is 1.12. The quantitative estimate of drug-likeness (QED) is 0.685. The second-order valence-electron chi connectivity index (χ2n) is 6.81. The van der Waals surface area contributed by atoms with E-state index in [0.717, 1.165) is 23.3 Å². The highest BCUT2D eigenvalue weighted by Crippen LogP contribution is 2.39. The minimum absolute atomic E-state index is 0.0316. The van der Waals surface area contributed by atoms with Gasteiger partial charge in [0, 0.05) is 5.56 Å². The number of ether oxygens (including phenoxy) is 2. The normalized spacial score (nSPS) is 17.1. The maximum absolute atomic E-state index is 12.4. The summed E-state index contributed by atoms with van der Waals surface area (Å²) < 4.78 is 34.2. The molecule has 0 heterocycles. The van der Waals surface area contributed by atoms with Crippen LogP contribution in [0.5, 0.6) is 11.5 Å². The van der Waals surface area contributed by atoms with Crippen LogP contribution in [-0.2, 0) is 11.3 Å². The van der Waals surface area contributed by atoms with E-state index in [1.54, 1.807) is 19.1 Å². The molecule has 1 saturated carbocycles. The first-order valence-electron chi connectivity index (χ1n) is 8.42. The first kappa shape index (κ1) is 19.9. The lowest BCUT2D eigenvalue weighted by molar-refractivity contribution is -0.885. The van der Waals surface area contributed by atoms with Crippen molar-refractivity contribution in [2.75, 3.05) is 20.7 Å². The Labute approximate surface area is 151 Å². The van der Waals surface area contributed by atoms with Crippen LogP contribution in [0.3, 0.4) is 0 Å². The van der Waals surface area contributed by atoms with Crippen molar-refractivity contribution in [3.63, 3.8) is 0 Å². The average molecular weight is 368 g/mol. The van der Waals surface area contributed by atoms with Crippen molar-refractivity contribution < 1.29 is 27.9 Å². The van der Waals surface area contributed by atoms with E-state index in [2.05, 4.69) is 16.1 Å². The molecule has 0 aromatic heterocycles. The van der Waals surface area contributed by atoms with Gasteiger partial charge < -0.3 is 19.7 Å². The Hall–Kier alpha value is -2.40. The molecule has 0 saturated heterocycles. The number of benzene rings is 1. The van der Waals surface area contributed by atoms with E-state index >= 15 is 0 Å². The van der Waals surface area contributed by atoms with Gasteiger partial charge >= 0.3 is 6.61 Å². The molecule has 0 aliphatic heterocycles. The van der Waals surface area contributed by atoms with Gasteiger partial charge in [-0.2, -0.15) is 14.0 Å². The second-order valence-corrected chi connectivity index (χ2v) is 6.81. The molecule has 0 radical (unpaired) electrons. The van der Waals surface area contributed by atoms with Crippen LogP contribution in [0.15, 0.2) is 18.2 Å². The Morgan fingerprint density at radius 3 is 2.69 bits per heavy atom. The number of likely N-dealkylation sites (N-methyl/N-ethyl adjacent to an activating group) is 1. The Morgan fingerprint density at radius 2 is 2.15 bits per heavy atom. The SMILES string of the molecule is COc1cc(C[NH+](C)CC(=O)N[C@@](C)(C#N)C2CC2)ccc1OC(F)F. The molecular weight excluding hydrogens is 344 g/mol. The van der Waals surface area contributed by atoms with Crippen LogP contribution in [0.25, 0.3) is 0 Å². The zero-order valence-corrected chi connectivity index (χ0v) is 15.1. The van der Waals surface area contributed by atoms with Gasteiger partial charge in [0.2, 0.25) is 0 Å². The Morgan fingerprint density at radius 1 is 1.46 bits per heavy atom. The molecule has 1 fully saturated rings. The van der Waals surface area contributed by atoms with E-state index in [1.165, 1.54) is 13.2 Å². The molecule has 1 amide bonds. The molecule has 1 aromatic carbocycles. The summed E-state index contributed by atoms with van der Waals surface area (Å²) in [5, 5.41) is 12.1. The van der Waals surface area contributed by atoms with Crippen molar-refractivity contribution in [3.05, 3.63) is 23.8 Å². The number of quaternary nitrogens is 1. The van der Waals surface area contributed by atoms with E-state index in [9.17, 15) is 18.8 Å². The highest BCUT2D eigenvalue weighted by atomic mass is 19.3. The molecule has 1 aromatic rings. The summed E-state index contributed by atoms with van der Waals surface area (Å²) in [5.74, 6) is 0.216.